The molecule has 29 heavy (non-hydrogen) atoms. The normalized spacial score (nSPS) is 13.9. The Hall–Kier alpha value is -3.56. The molecule has 6 nitrogen and oxygen atoms in total. The first-order valence-corrected chi connectivity index (χ1v) is 9.60. The number of rotatable bonds is 4. The van der Waals surface area contributed by atoms with E-state index in [-0.39, 0.29) is 12.6 Å². The highest BCUT2D eigenvalue weighted by Gasteiger charge is 2.25. The summed E-state index contributed by atoms with van der Waals surface area (Å²) in [6, 6.07) is 19.5. The highest BCUT2D eigenvalue weighted by atomic mass is 16.3. The summed E-state index contributed by atoms with van der Waals surface area (Å²) >= 11 is 0. The third kappa shape index (κ3) is 3.86. The number of nitrogens with zero attached hydrogens (tertiary/aromatic N) is 4. The van der Waals surface area contributed by atoms with Crippen LogP contribution in [0.4, 0.5) is 5.69 Å². The number of nitriles is 1. The molecule has 0 unspecified atom stereocenters. The molecule has 2 heterocycles. The summed E-state index contributed by atoms with van der Waals surface area (Å²) in [5, 5.41) is 18.6. The lowest BCUT2D eigenvalue weighted by molar-refractivity contribution is 0.0747. The molecule has 0 spiro atoms. The van der Waals surface area contributed by atoms with Gasteiger partial charge in [0, 0.05) is 49.8 Å². The maximum Gasteiger partial charge on any atom is 0.256 e. The summed E-state index contributed by atoms with van der Waals surface area (Å²) in [6.07, 6.45) is 3.53. The van der Waals surface area contributed by atoms with Gasteiger partial charge in [0.2, 0.25) is 0 Å². The van der Waals surface area contributed by atoms with E-state index in [9.17, 15) is 9.90 Å². The number of piperazine rings is 1. The second kappa shape index (κ2) is 8.21. The fraction of sp³-hybridized carbons (Fsp3) is 0.217. The van der Waals surface area contributed by atoms with Gasteiger partial charge >= 0.3 is 0 Å². The lowest BCUT2D eigenvalue weighted by atomic mass is 10.0. The van der Waals surface area contributed by atoms with Crippen molar-refractivity contribution in [3.8, 4) is 17.2 Å². The Labute approximate surface area is 169 Å². The van der Waals surface area contributed by atoms with Crippen LogP contribution in [0.5, 0.6) is 0 Å². The number of carbonyl (C=O) groups is 1. The molecule has 3 aromatic rings. The zero-order valence-corrected chi connectivity index (χ0v) is 16.0. The maximum atomic E-state index is 13.2. The molecule has 146 valence electrons. The van der Waals surface area contributed by atoms with Crippen LogP contribution in [0.25, 0.3) is 11.1 Å². The van der Waals surface area contributed by atoms with Gasteiger partial charge in [-0.3, -0.25) is 4.79 Å². The van der Waals surface area contributed by atoms with Gasteiger partial charge in [-0.1, -0.05) is 36.4 Å². The molecule has 6 heteroatoms. The van der Waals surface area contributed by atoms with Crippen LogP contribution in [0, 0.1) is 11.3 Å². The Morgan fingerprint density at radius 1 is 1.00 bits per heavy atom. The average molecular weight is 386 g/mol. The minimum atomic E-state index is -0.171. The molecule has 1 amide bonds. The van der Waals surface area contributed by atoms with Crippen LogP contribution in [0.2, 0.25) is 0 Å². The van der Waals surface area contributed by atoms with Gasteiger partial charge in [-0.25, -0.2) is 0 Å². The van der Waals surface area contributed by atoms with E-state index in [0.29, 0.717) is 37.3 Å². The van der Waals surface area contributed by atoms with Crippen LogP contribution in [0.3, 0.4) is 0 Å². The molecule has 2 aromatic carbocycles. The van der Waals surface area contributed by atoms with E-state index >= 15 is 0 Å². The minimum absolute atomic E-state index is 0.0264. The first-order chi connectivity index (χ1) is 14.2. The van der Waals surface area contributed by atoms with E-state index in [1.165, 1.54) is 0 Å². The summed E-state index contributed by atoms with van der Waals surface area (Å²) in [4.78, 5) is 17.3. The summed E-state index contributed by atoms with van der Waals surface area (Å²) in [5.41, 5.74) is 4.03. The van der Waals surface area contributed by atoms with Crippen LogP contribution in [0.1, 0.15) is 15.9 Å². The number of anilines is 1. The predicted octanol–water partition coefficient (Wildman–Crippen LogP) is 2.94. The van der Waals surface area contributed by atoms with Crippen LogP contribution >= 0.6 is 0 Å². The smallest absolute Gasteiger partial charge is 0.256 e. The lowest BCUT2D eigenvalue weighted by Crippen LogP contribution is -2.48. The second-order valence-corrected chi connectivity index (χ2v) is 7.05. The van der Waals surface area contributed by atoms with Gasteiger partial charge in [-0.05, 0) is 23.8 Å². The van der Waals surface area contributed by atoms with E-state index < -0.39 is 0 Å². The standard InChI is InChI=1S/C23H22N4O2/c24-14-18-5-4-8-20(13-18)26-9-11-27(12-10-26)23(29)22-16-25(17-28)15-21(22)19-6-2-1-3-7-19/h1-8,13,15-16,28H,9-12,17H2. The molecule has 1 aromatic heterocycles. The topological polar surface area (TPSA) is 72.5 Å². The number of amides is 1. The Balaban J connectivity index is 1.52. The number of aliphatic hydroxyl groups excluding tert-OH is 1. The van der Waals surface area contributed by atoms with Crippen molar-refractivity contribution in [2.24, 2.45) is 0 Å². The van der Waals surface area contributed by atoms with Crippen molar-refractivity contribution in [2.75, 3.05) is 31.1 Å². The van der Waals surface area contributed by atoms with Crippen molar-refractivity contribution in [1.29, 1.82) is 5.26 Å². The first-order valence-electron chi connectivity index (χ1n) is 9.60. The van der Waals surface area contributed by atoms with Crippen molar-refractivity contribution in [2.45, 2.75) is 6.73 Å². The number of carbonyl (C=O) groups excluding carboxylic acids is 1. The molecule has 0 aliphatic carbocycles. The van der Waals surface area contributed by atoms with E-state index in [1.54, 1.807) is 16.8 Å². The van der Waals surface area contributed by atoms with Crippen LogP contribution < -0.4 is 4.90 Å². The zero-order valence-electron chi connectivity index (χ0n) is 16.0. The van der Waals surface area contributed by atoms with E-state index in [2.05, 4.69) is 11.0 Å². The molecule has 1 fully saturated rings. The van der Waals surface area contributed by atoms with Crippen LogP contribution in [0.15, 0.2) is 67.0 Å². The largest absolute Gasteiger partial charge is 0.376 e. The van der Waals surface area contributed by atoms with Gasteiger partial charge < -0.3 is 19.5 Å². The fourth-order valence-corrected chi connectivity index (χ4v) is 3.72. The molecular weight excluding hydrogens is 364 g/mol. The Morgan fingerprint density at radius 3 is 2.45 bits per heavy atom. The van der Waals surface area contributed by atoms with Crippen molar-refractivity contribution in [3.63, 3.8) is 0 Å². The minimum Gasteiger partial charge on any atom is -0.376 e. The molecule has 0 atom stereocenters. The van der Waals surface area contributed by atoms with Crippen molar-refractivity contribution in [3.05, 3.63) is 78.1 Å². The highest BCUT2D eigenvalue weighted by molar-refractivity contribution is 6.01. The molecular formula is C23H22N4O2. The molecule has 1 aliphatic heterocycles. The van der Waals surface area contributed by atoms with Gasteiger partial charge in [0.1, 0.15) is 6.73 Å². The van der Waals surface area contributed by atoms with Crippen molar-refractivity contribution >= 4 is 11.6 Å². The Bertz CT molecular complexity index is 1040. The number of hydrogen-bond acceptors (Lipinski definition) is 4. The lowest BCUT2D eigenvalue weighted by Gasteiger charge is -2.36. The molecule has 1 aliphatic rings. The summed E-state index contributed by atoms with van der Waals surface area (Å²) < 4.78 is 1.62. The highest BCUT2D eigenvalue weighted by Crippen LogP contribution is 2.27. The summed E-state index contributed by atoms with van der Waals surface area (Å²) in [7, 11) is 0. The summed E-state index contributed by atoms with van der Waals surface area (Å²) in [6.45, 7) is 2.46. The van der Waals surface area contributed by atoms with E-state index in [0.717, 1.165) is 16.8 Å². The quantitative estimate of drug-likeness (QED) is 0.748. The van der Waals surface area contributed by atoms with Gasteiger partial charge in [-0.2, -0.15) is 5.26 Å². The van der Waals surface area contributed by atoms with Gasteiger partial charge in [0.05, 0.1) is 17.2 Å². The first kappa shape index (κ1) is 18.8. The SMILES string of the molecule is N#Cc1cccc(N2CCN(C(=O)c3cn(CO)cc3-c3ccccc3)CC2)c1. The fourth-order valence-electron chi connectivity index (χ4n) is 3.72. The molecule has 1 N–H and O–H groups in total. The maximum absolute atomic E-state index is 13.2. The van der Waals surface area contributed by atoms with Crippen molar-refractivity contribution in [1.82, 2.24) is 9.47 Å². The Morgan fingerprint density at radius 2 is 1.76 bits per heavy atom. The molecule has 1 saturated heterocycles. The third-order valence-electron chi connectivity index (χ3n) is 5.27. The number of benzene rings is 2. The number of hydrogen-bond donors (Lipinski definition) is 1. The number of aliphatic hydroxyl groups is 1. The molecule has 0 saturated carbocycles. The van der Waals surface area contributed by atoms with Gasteiger partial charge in [0.15, 0.2) is 0 Å². The van der Waals surface area contributed by atoms with Gasteiger partial charge in [0.25, 0.3) is 5.91 Å². The predicted molar refractivity (Wildman–Crippen MR) is 111 cm³/mol. The van der Waals surface area contributed by atoms with Gasteiger partial charge in [-0.15, -0.1) is 0 Å². The summed E-state index contributed by atoms with van der Waals surface area (Å²) in [5.74, 6) is -0.0264. The van der Waals surface area contributed by atoms with E-state index in [4.69, 9.17) is 5.26 Å². The third-order valence-corrected chi connectivity index (χ3v) is 5.27. The number of aromatic nitrogens is 1. The average Bonchev–Trinajstić information content (AvgIpc) is 3.24. The molecule has 0 bridgehead atoms. The van der Waals surface area contributed by atoms with Crippen molar-refractivity contribution < 1.29 is 9.90 Å². The second-order valence-electron chi connectivity index (χ2n) is 7.05. The zero-order chi connectivity index (χ0) is 20.2. The monoisotopic (exact) mass is 386 g/mol. The Kier molecular flexibility index (Phi) is 5.32. The molecule has 0 radical (unpaired) electrons. The van der Waals surface area contributed by atoms with Crippen LogP contribution in [-0.2, 0) is 6.73 Å². The van der Waals surface area contributed by atoms with E-state index in [1.807, 2.05) is 59.6 Å². The van der Waals surface area contributed by atoms with Crippen LogP contribution in [-0.4, -0.2) is 46.7 Å². The molecule has 4 rings (SSSR count).